The molecule has 0 radical (unpaired) electrons. The molecular weight excluding hydrogens is 504 g/mol. The van der Waals surface area contributed by atoms with Crippen molar-refractivity contribution in [1.29, 1.82) is 0 Å². The highest BCUT2D eigenvalue weighted by Crippen LogP contribution is 2.30. The molecule has 0 aliphatic carbocycles. The molecule has 2 aromatic rings. The van der Waals surface area contributed by atoms with Crippen LogP contribution in [0.15, 0.2) is 36.4 Å². The highest BCUT2D eigenvalue weighted by atomic mass is 35.5. The van der Waals surface area contributed by atoms with Crippen LogP contribution in [0.25, 0.3) is 0 Å². The van der Waals surface area contributed by atoms with Crippen LogP contribution >= 0.6 is 11.6 Å². The van der Waals surface area contributed by atoms with Crippen LogP contribution in [0.1, 0.15) is 22.8 Å². The number of halogens is 3. The van der Waals surface area contributed by atoms with E-state index in [-0.39, 0.29) is 45.4 Å². The Balaban J connectivity index is 1.73. The zero-order chi connectivity index (χ0) is 25.8. The lowest BCUT2D eigenvalue weighted by atomic mass is 10.1. The maximum absolute atomic E-state index is 14.3. The predicted molar refractivity (Wildman–Crippen MR) is 128 cm³/mol. The average molecular weight is 531 g/mol. The number of ether oxygens (including phenoxy) is 1. The van der Waals surface area contributed by atoms with Crippen LogP contribution in [0.2, 0.25) is 5.02 Å². The van der Waals surface area contributed by atoms with Gasteiger partial charge in [-0.05, 0) is 18.2 Å². The number of piperazine rings is 1. The van der Waals surface area contributed by atoms with Crippen molar-refractivity contribution < 1.29 is 31.5 Å². The van der Waals surface area contributed by atoms with E-state index >= 15 is 0 Å². The summed E-state index contributed by atoms with van der Waals surface area (Å²) < 4.78 is 60.8. The number of methoxy groups -OCH3 is 1. The van der Waals surface area contributed by atoms with Gasteiger partial charge in [0, 0.05) is 31.2 Å². The van der Waals surface area contributed by atoms with Crippen molar-refractivity contribution in [3.8, 4) is 0 Å². The van der Waals surface area contributed by atoms with Gasteiger partial charge in [-0.2, -0.15) is 0 Å². The fourth-order valence-corrected chi connectivity index (χ4v) is 5.33. The van der Waals surface area contributed by atoms with Gasteiger partial charge in [0.15, 0.2) is 0 Å². The van der Waals surface area contributed by atoms with E-state index in [2.05, 4.69) is 9.46 Å². The fourth-order valence-electron chi connectivity index (χ4n) is 4.04. The third-order valence-electron chi connectivity index (χ3n) is 6.24. The van der Waals surface area contributed by atoms with E-state index in [4.69, 9.17) is 11.6 Å². The number of nitrogens with one attached hydrogen (secondary N) is 1. The number of carbonyl (C=O) groups is 2. The first-order valence-electron chi connectivity index (χ1n) is 10.9. The Morgan fingerprint density at radius 3 is 2.37 bits per heavy atom. The number of nitrogens with zero attached hydrogens (tertiary/aromatic N) is 2. The Bertz CT molecular complexity index is 1220. The first kappa shape index (κ1) is 27.0. The monoisotopic (exact) mass is 530 g/mol. The van der Waals surface area contributed by atoms with Gasteiger partial charge in [0.05, 0.1) is 37.3 Å². The van der Waals surface area contributed by atoms with Crippen LogP contribution < -0.4 is 9.21 Å². The smallest absolute Gasteiger partial charge is 0.337 e. The van der Waals surface area contributed by atoms with Gasteiger partial charge < -0.3 is 9.64 Å². The molecular formula is C23H27ClF2N3O5S+. The Morgan fingerprint density at radius 1 is 1.11 bits per heavy atom. The third kappa shape index (κ3) is 6.54. The molecule has 8 nitrogen and oxygen atoms in total. The molecule has 1 amide bonds. The number of amides is 1. The van der Waals surface area contributed by atoms with Crippen molar-refractivity contribution in [3.05, 3.63) is 64.2 Å². The summed E-state index contributed by atoms with van der Waals surface area (Å²) in [6.07, 6.45) is 0. The van der Waals surface area contributed by atoms with Gasteiger partial charge in [-0.3, -0.25) is 9.28 Å². The summed E-state index contributed by atoms with van der Waals surface area (Å²) in [4.78, 5) is 25.0. The second-order valence-electron chi connectivity index (χ2n) is 8.36. The van der Waals surface area contributed by atoms with Crippen molar-refractivity contribution in [1.82, 2.24) is 14.1 Å². The molecule has 0 spiro atoms. The van der Waals surface area contributed by atoms with Gasteiger partial charge in [-0.1, -0.05) is 17.7 Å². The van der Waals surface area contributed by atoms with E-state index in [1.54, 1.807) is 11.0 Å². The van der Waals surface area contributed by atoms with E-state index in [1.165, 1.54) is 38.3 Å². The number of benzene rings is 2. The van der Waals surface area contributed by atoms with Gasteiger partial charge in [0.25, 0.3) is 0 Å². The van der Waals surface area contributed by atoms with Gasteiger partial charge in [-0.25, -0.2) is 26.7 Å². The van der Waals surface area contributed by atoms with Gasteiger partial charge in [0.1, 0.15) is 36.2 Å². The number of carbonyl (C=O) groups excluding carboxylic acids is 2. The van der Waals surface area contributed by atoms with Gasteiger partial charge >= 0.3 is 5.97 Å². The Labute approximate surface area is 208 Å². The van der Waals surface area contributed by atoms with Gasteiger partial charge in [0.2, 0.25) is 15.9 Å². The van der Waals surface area contributed by atoms with Gasteiger partial charge in [-0.15, -0.1) is 0 Å². The molecule has 2 aromatic carbocycles. The largest absolute Gasteiger partial charge is 0.465 e. The van der Waals surface area contributed by atoms with E-state index < -0.39 is 27.6 Å². The predicted octanol–water partition coefficient (Wildman–Crippen LogP) is 2.69. The number of quaternary nitrogens is 1. The summed E-state index contributed by atoms with van der Waals surface area (Å²) >= 11 is 5.99. The summed E-state index contributed by atoms with van der Waals surface area (Å²) in [6, 6.07) is 7.96. The molecule has 1 saturated heterocycles. The molecule has 35 heavy (non-hydrogen) atoms. The first-order chi connectivity index (χ1) is 16.5. The molecule has 0 saturated carbocycles. The summed E-state index contributed by atoms with van der Waals surface area (Å²) in [5.74, 6) is -2.37. The van der Waals surface area contributed by atoms with Crippen molar-refractivity contribution in [2.45, 2.75) is 13.5 Å². The first-order valence-corrected chi connectivity index (χ1v) is 12.9. The molecule has 0 bridgehead atoms. The average Bonchev–Trinajstić information content (AvgIpc) is 2.83. The summed E-state index contributed by atoms with van der Waals surface area (Å²) in [6.45, 7) is 3.01. The van der Waals surface area contributed by atoms with Crippen LogP contribution in [-0.2, 0) is 26.1 Å². The molecule has 1 fully saturated rings. The molecule has 1 N–H and O–H groups in total. The molecule has 12 heteroatoms. The van der Waals surface area contributed by atoms with Crippen LogP contribution in [0, 0.1) is 11.6 Å². The Hall–Kier alpha value is -2.60. The van der Waals surface area contributed by atoms with Crippen molar-refractivity contribution >= 4 is 39.2 Å². The fraction of sp³-hybridized carbons (Fsp3) is 0.391. The highest BCUT2D eigenvalue weighted by molar-refractivity contribution is 7.89. The van der Waals surface area contributed by atoms with Crippen molar-refractivity contribution in [2.75, 3.05) is 45.6 Å². The normalized spacial score (nSPS) is 15.6. The standard InChI is InChI=1S/C23H27ClF2N3O5S/c1-16(30)28-7-9-29(10-8-28,19-5-6-21(25)20(24)14-19)11-12-35(32,33)27-15-18-4-3-17(13-22(18)26)23(31)34-2/h3-6,13-14,27H,7-12,15H2,1-2H3/q+1. The van der Waals surface area contributed by atoms with E-state index in [0.29, 0.717) is 31.9 Å². The minimum absolute atomic E-state index is 0.0192. The van der Waals surface area contributed by atoms with Crippen LogP contribution in [0.3, 0.4) is 0 Å². The summed E-state index contributed by atoms with van der Waals surface area (Å²) in [5.41, 5.74) is 0.746. The van der Waals surface area contributed by atoms with Crippen molar-refractivity contribution in [3.63, 3.8) is 0 Å². The zero-order valence-electron chi connectivity index (χ0n) is 19.4. The maximum Gasteiger partial charge on any atom is 0.337 e. The SMILES string of the molecule is COC(=O)c1ccc(CNS(=O)(=O)CC[N+]2(c3ccc(F)c(Cl)c3)CCN(C(C)=O)CC2)c(F)c1. The second kappa shape index (κ2) is 11.0. The van der Waals surface area contributed by atoms with Crippen LogP contribution in [0.4, 0.5) is 14.5 Å². The third-order valence-corrected chi connectivity index (χ3v) is 7.83. The number of esters is 1. The molecule has 1 heterocycles. The lowest BCUT2D eigenvalue weighted by Crippen LogP contribution is -2.63. The molecule has 1 aliphatic rings. The van der Waals surface area contributed by atoms with Crippen LogP contribution in [0.5, 0.6) is 0 Å². The molecule has 1 aliphatic heterocycles. The quantitative estimate of drug-likeness (QED) is 0.418. The number of sulfonamides is 1. The maximum atomic E-state index is 14.3. The van der Waals surface area contributed by atoms with Crippen molar-refractivity contribution in [2.24, 2.45) is 0 Å². The summed E-state index contributed by atoms with van der Waals surface area (Å²) in [7, 11) is -2.65. The molecule has 0 unspecified atom stereocenters. The lowest BCUT2D eigenvalue weighted by Gasteiger charge is -2.44. The summed E-state index contributed by atoms with van der Waals surface area (Å²) in [5, 5.41) is -0.0687. The molecule has 190 valence electrons. The molecule has 0 aromatic heterocycles. The van der Waals surface area contributed by atoms with Crippen LogP contribution in [-0.4, -0.2) is 70.8 Å². The number of hydrogen-bond acceptors (Lipinski definition) is 5. The van der Waals surface area contributed by atoms with E-state index in [9.17, 15) is 26.8 Å². The Kier molecular flexibility index (Phi) is 8.47. The lowest BCUT2D eigenvalue weighted by molar-refractivity contribution is -0.130. The number of hydrogen-bond donors (Lipinski definition) is 1. The second-order valence-corrected chi connectivity index (χ2v) is 10.7. The molecule has 3 rings (SSSR count). The number of rotatable bonds is 8. The zero-order valence-corrected chi connectivity index (χ0v) is 21.0. The van der Waals surface area contributed by atoms with E-state index in [0.717, 1.165) is 6.07 Å². The Morgan fingerprint density at radius 2 is 1.80 bits per heavy atom. The highest BCUT2D eigenvalue weighted by Gasteiger charge is 2.37. The molecule has 0 atom stereocenters. The minimum atomic E-state index is -3.83. The minimum Gasteiger partial charge on any atom is -0.465 e. The van der Waals surface area contributed by atoms with E-state index in [1.807, 2.05) is 0 Å². The topological polar surface area (TPSA) is 92.8 Å².